The van der Waals surface area contributed by atoms with Gasteiger partial charge >= 0.3 is 0 Å². The van der Waals surface area contributed by atoms with Crippen molar-refractivity contribution < 1.29 is 0 Å². The summed E-state index contributed by atoms with van der Waals surface area (Å²) in [6.45, 7) is 2.89. The molecule has 1 radical (unpaired) electrons. The van der Waals surface area contributed by atoms with Gasteiger partial charge in [-0.3, -0.25) is 9.67 Å². The molecular formula is C14H14N3. The van der Waals surface area contributed by atoms with Crippen molar-refractivity contribution >= 4 is 5.71 Å². The average molecular weight is 224 g/mol. The van der Waals surface area contributed by atoms with Crippen molar-refractivity contribution in [1.29, 1.82) is 0 Å². The summed E-state index contributed by atoms with van der Waals surface area (Å²) < 4.78 is 1.86. The summed E-state index contributed by atoms with van der Waals surface area (Å²) in [4.78, 5) is 4.67. The van der Waals surface area contributed by atoms with E-state index < -0.39 is 0 Å². The van der Waals surface area contributed by atoms with Gasteiger partial charge in [-0.2, -0.15) is 5.10 Å². The molecule has 2 aromatic rings. The minimum Gasteiger partial charge on any atom is -0.282 e. The van der Waals surface area contributed by atoms with Crippen LogP contribution in [0, 0.1) is 13.1 Å². The Hall–Kier alpha value is -1.90. The highest BCUT2D eigenvalue weighted by Gasteiger charge is 2.19. The summed E-state index contributed by atoms with van der Waals surface area (Å²) in [6, 6.07) is 8.47. The lowest BCUT2D eigenvalue weighted by Crippen LogP contribution is -2.18. The van der Waals surface area contributed by atoms with Gasteiger partial charge in [-0.25, -0.2) is 0 Å². The predicted molar refractivity (Wildman–Crippen MR) is 67.4 cm³/mol. The lowest BCUT2D eigenvalue weighted by atomic mass is 9.95. The van der Waals surface area contributed by atoms with Gasteiger partial charge < -0.3 is 0 Å². The van der Waals surface area contributed by atoms with Crippen LogP contribution in [0.2, 0.25) is 0 Å². The summed E-state index contributed by atoms with van der Waals surface area (Å²) in [5.41, 5.74) is 5.80. The number of nitrogens with zero attached hydrogens (tertiary/aromatic N) is 3. The normalized spacial score (nSPS) is 14.4. The van der Waals surface area contributed by atoms with E-state index in [1.807, 2.05) is 18.7 Å². The summed E-state index contributed by atoms with van der Waals surface area (Å²) in [6.07, 6.45) is 4.03. The van der Waals surface area contributed by atoms with Gasteiger partial charge in [0.15, 0.2) is 0 Å². The van der Waals surface area contributed by atoms with Gasteiger partial charge in [0.05, 0.1) is 11.4 Å². The third-order valence-electron chi connectivity index (χ3n) is 3.19. The van der Waals surface area contributed by atoms with Crippen LogP contribution in [0.1, 0.15) is 22.4 Å². The fourth-order valence-electron chi connectivity index (χ4n) is 2.37. The van der Waals surface area contributed by atoms with Crippen LogP contribution >= 0.6 is 0 Å². The van der Waals surface area contributed by atoms with Gasteiger partial charge in [0, 0.05) is 24.7 Å². The molecule has 0 fully saturated rings. The molecule has 2 heterocycles. The van der Waals surface area contributed by atoms with Gasteiger partial charge in [-0.05, 0) is 18.9 Å². The van der Waals surface area contributed by atoms with Crippen molar-refractivity contribution in [2.45, 2.75) is 13.3 Å². The minimum atomic E-state index is 0.858. The highest BCUT2D eigenvalue weighted by molar-refractivity contribution is 6.14. The second-order valence-corrected chi connectivity index (χ2v) is 4.35. The largest absolute Gasteiger partial charge is 0.282 e. The smallest absolute Gasteiger partial charge is 0.116 e. The maximum atomic E-state index is 4.67. The minimum absolute atomic E-state index is 0.858. The molecule has 0 bridgehead atoms. The maximum absolute atomic E-state index is 4.67. The lowest BCUT2D eigenvalue weighted by Gasteiger charge is -2.17. The van der Waals surface area contributed by atoms with Crippen LogP contribution in [-0.2, 0) is 13.5 Å². The molecule has 1 aliphatic rings. The molecule has 0 spiro atoms. The molecule has 0 aliphatic carbocycles. The zero-order valence-corrected chi connectivity index (χ0v) is 10.1. The Morgan fingerprint density at radius 1 is 1.29 bits per heavy atom. The van der Waals surface area contributed by atoms with E-state index >= 15 is 0 Å². The highest BCUT2D eigenvalue weighted by atomic mass is 15.3. The van der Waals surface area contributed by atoms with Crippen molar-refractivity contribution in [2.75, 3.05) is 6.54 Å². The van der Waals surface area contributed by atoms with E-state index in [4.69, 9.17) is 0 Å². The molecule has 0 saturated heterocycles. The van der Waals surface area contributed by atoms with Crippen LogP contribution in [0.5, 0.6) is 0 Å². The van der Waals surface area contributed by atoms with Gasteiger partial charge in [0.2, 0.25) is 0 Å². The Morgan fingerprint density at radius 3 is 2.88 bits per heavy atom. The number of hydrogen-bond donors (Lipinski definition) is 0. The highest BCUT2D eigenvalue weighted by Crippen LogP contribution is 2.21. The van der Waals surface area contributed by atoms with Crippen LogP contribution in [0.15, 0.2) is 29.3 Å². The van der Waals surface area contributed by atoms with Crippen molar-refractivity contribution in [3.8, 4) is 0 Å². The number of benzene rings is 1. The van der Waals surface area contributed by atoms with Gasteiger partial charge in [-0.15, -0.1) is 0 Å². The van der Waals surface area contributed by atoms with E-state index in [-0.39, 0.29) is 0 Å². The molecule has 1 aliphatic heterocycles. The monoisotopic (exact) mass is 224 g/mol. The quantitative estimate of drug-likeness (QED) is 0.728. The predicted octanol–water partition coefficient (Wildman–Crippen LogP) is 1.92. The maximum Gasteiger partial charge on any atom is 0.116 e. The summed E-state index contributed by atoms with van der Waals surface area (Å²) in [5, 5.41) is 4.18. The zero-order valence-electron chi connectivity index (χ0n) is 10.1. The SMILES string of the molecule is Cc1[c]nn(C)c1C1=NCCc2ccccc21. The number of hydrogen-bond acceptors (Lipinski definition) is 2. The van der Waals surface area contributed by atoms with Crippen LogP contribution in [0.25, 0.3) is 0 Å². The van der Waals surface area contributed by atoms with E-state index in [9.17, 15) is 0 Å². The van der Waals surface area contributed by atoms with E-state index in [1.54, 1.807) is 0 Å². The van der Waals surface area contributed by atoms with Gasteiger partial charge in [0.1, 0.15) is 6.20 Å². The van der Waals surface area contributed by atoms with E-state index in [2.05, 4.69) is 40.6 Å². The standard InChI is InChI=1S/C14H14N3/c1-10-9-16-17(2)14(10)13-12-6-4-3-5-11(12)7-8-15-13/h3-6H,7-8H2,1-2H3. The summed E-state index contributed by atoms with van der Waals surface area (Å²) >= 11 is 0. The molecule has 3 rings (SSSR count). The second-order valence-electron chi connectivity index (χ2n) is 4.35. The Bertz CT molecular complexity index is 574. The fourth-order valence-corrected chi connectivity index (χ4v) is 2.37. The summed E-state index contributed by atoms with van der Waals surface area (Å²) in [5.74, 6) is 0. The Labute approximate surface area is 101 Å². The third kappa shape index (κ3) is 1.58. The topological polar surface area (TPSA) is 30.2 Å². The number of aryl methyl sites for hydroxylation is 2. The molecule has 3 heteroatoms. The first-order chi connectivity index (χ1) is 8.27. The molecule has 1 aromatic heterocycles. The first-order valence-corrected chi connectivity index (χ1v) is 5.82. The average Bonchev–Trinajstić information content (AvgIpc) is 2.69. The molecule has 3 nitrogen and oxygen atoms in total. The first kappa shape index (κ1) is 10.3. The van der Waals surface area contributed by atoms with E-state index in [0.29, 0.717) is 0 Å². The zero-order chi connectivity index (χ0) is 11.8. The van der Waals surface area contributed by atoms with Crippen LogP contribution in [-0.4, -0.2) is 22.0 Å². The van der Waals surface area contributed by atoms with Gasteiger partial charge in [0.25, 0.3) is 0 Å². The molecule has 0 N–H and O–H groups in total. The molecular weight excluding hydrogens is 210 g/mol. The molecule has 1 aromatic carbocycles. The molecule has 17 heavy (non-hydrogen) atoms. The Balaban J connectivity index is 2.20. The number of aromatic nitrogens is 2. The van der Waals surface area contributed by atoms with Crippen LogP contribution in [0.4, 0.5) is 0 Å². The second kappa shape index (κ2) is 3.84. The lowest BCUT2D eigenvalue weighted by molar-refractivity contribution is 0.755. The summed E-state index contributed by atoms with van der Waals surface area (Å²) in [7, 11) is 1.94. The van der Waals surface area contributed by atoms with Crippen molar-refractivity contribution in [1.82, 2.24) is 9.78 Å². The molecule has 0 atom stereocenters. The third-order valence-corrected chi connectivity index (χ3v) is 3.19. The number of rotatable bonds is 1. The van der Waals surface area contributed by atoms with E-state index in [0.717, 1.165) is 29.9 Å². The van der Waals surface area contributed by atoms with Crippen molar-refractivity contribution in [2.24, 2.45) is 12.0 Å². The van der Waals surface area contributed by atoms with Crippen molar-refractivity contribution in [3.63, 3.8) is 0 Å². The molecule has 0 saturated carbocycles. The van der Waals surface area contributed by atoms with Gasteiger partial charge in [-0.1, -0.05) is 24.3 Å². The fraction of sp³-hybridized carbons (Fsp3) is 0.286. The van der Waals surface area contributed by atoms with Crippen molar-refractivity contribution in [3.05, 3.63) is 52.8 Å². The molecule has 0 unspecified atom stereocenters. The molecule has 0 amide bonds. The molecule has 85 valence electrons. The number of fused-ring (bicyclic) bond motifs is 1. The first-order valence-electron chi connectivity index (χ1n) is 5.82. The Kier molecular flexibility index (Phi) is 2.32. The Morgan fingerprint density at radius 2 is 2.12 bits per heavy atom. The van der Waals surface area contributed by atoms with Crippen LogP contribution < -0.4 is 0 Å². The number of aliphatic imine (C=N–C) groups is 1. The van der Waals surface area contributed by atoms with E-state index in [1.165, 1.54) is 11.1 Å². The van der Waals surface area contributed by atoms with Crippen LogP contribution in [0.3, 0.4) is 0 Å².